The van der Waals surface area contributed by atoms with E-state index in [1.165, 1.54) is 6.20 Å². The van der Waals surface area contributed by atoms with Crippen molar-refractivity contribution in [1.82, 2.24) is 9.97 Å². The molecule has 1 aromatic heterocycles. The van der Waals surface area contributed by atoms with Crippen LogP contribution in [0.4, 0.5) is 0 Å². The molecule has 0 fully saturated rings. The SMILES string of the molecule is COC(C)(C)C(O)c1cnccn1. The highest BCUT2D eigenvalue weighted by atomic mass is 16.5. The third-order valence-corrected chi connectivity index (χ3v) is 2.05. The Balaban J connectivity index is 2.85. The number of hydrogen-bond donors (Lipinski definition) is 1. The Kier molecular flexibility index (Phi) is 2.95. The molecule has 0 saturated heterocycles. The Labute approximate surface area is 77.6 Å². The molecule has 0 amide bonds. The van der Waals surface area contributed by atoms with Gasteiger partial charge in [0.2, 0.25) is 0 Å². The van der Waals surface area contributed by atoms with Crippen LogP contribution < -0.4 is 0 Å². The zero-order valence-corrected chi connectivity index (χ0v) is 8.06. The second-order valence-electron chi connectivity index (χ2n) is 3.34. The van der Waals surface area contributed by atoms with Crippen molar-refractivity contribution in [2.45, 2.75) is 25.6 Å². The van der Waals surface area contributed by atoms with E-state index in [0.29, 0.717) is 5.69 Å². The molecule has 0 aromatic carbocycles. The molecule has 4 nitrogen and oxygen atoms in total. The van der Waals surface area contributed by atoms with E-state index < -0.39 is 11.7 Å². The van der Waals surface area contributed by atoms with E-state index >= 15 is 0 Å². The Hall–Kier alpha value is -1.00. The van der Waals surface area contributed by atoms with Crippen molar-refractivity contribution in [1.29, 1.82) is 0 Å². The Morgan fingerprint density at radius 3 is 2.62 bits per heavy atom. The van der Waals surface area contributed by atoms with Crippen LogP contribution in [0, 0.1) is 0 Å². The molecule has 72 valence electrons. The fraction of sp³-hybridized carbons (Fsp3) is 0.556. The van der Waals surface area contributed by atoms with Gasteiger partial charge in [-0.05, 0) is 13.8 Å². The van der Waals surface area contributed by atoms with Crippen LogP contribution in [0.2, 0.25) is 0 Å². The zero-order chi connectivity index (χ0) is 9.90. The number of hydrogen-bond acceptors (Lipinski definition) is 4. The summed E-state index contributed by atoms with van der Waals surface area (Å²) >= 11 is 0. The van der Waals surface area contributed by atoms with Gasteiger partial charge in [-0.2, -0.15) is 0 Å². The van der Waals surface area contributed by atoms with Crippen molar-refractivity contribution in [2.24, 2.45) is 0 Å². The summed E-state index contributed by atoms with van der Waals surface area (Å²) in [4.78, 5) is 7.88. The van der Waals surface area contributed by atoms with Crippen LogP contribution in [0.5, 0.6) is 0 Å². The second kappa shape index (κ2) is 3.81. The van der Waals surface area contributed by atoms with Gasteiger partial charge in [-0.3, -0.25) is 9.97 Å². The Morgan fingerprint density at radius 2 is 2.15 bits per heavy atom. The lowest BCUT2D eigenvalue weighted by Crippen LogP contribution is -2.32. The quantitative estimate of drug-likeness (QED) is 0.755. The molecule has 1 N–H and O–H groups in total. The molecular weight excluding hydrogens is 168 g/mol. The molecule has 1 heterocycles. The van der Waals surface area contributed by atoms with Crippen LogP contribution in [-0.2, 0) is 4.74 Å². The predicted octanol–water partition coefficient (Wildman–Crippen LogP) is 0.935. The van der Waals surface area contributed by atoms with Gasteiger partial charge in [0.15, 0.2) is 0 Å². The van der Waals surface area contributed by atoms with Gasteiger partial charge >= 0.3 is 0 Å². The van der Waals surface area contributed by atoms with Gasteiger partial charge in [-0.25, -0.2) is 0 Å². The minimum absolute atomic E-state index is 0.523. The fourth-order valence-electron chi connectivity index (χ4n) is 0.920. The smallest absolute Gasteiger partial charge is 0.126 e. The second-order valence-corrected chi connectivity index (χ2v) is 3.34. The number of aromatic nitrogens is 2. The van der Waals surface area contributed by atoms with Crippen molar-refractivity contribution in [3.63, 3.8) is 0 Å². The molecule has 1 atom stereocenters. The van der Waals surface area contributed by atoms with Crippen LogP contribution in [0.3, 0.4) is 0 Å². The summed E-state index contributed by atoms with van der Waals surface area (Å²) in [6.07, 6.45) is 3.89. The lowest BCUT2D eigenvalue weighted by Gasteiger charge is -2.28. The average Bonchev–Trinajstić information content (AvgIpc) is 2.18. The molecule has 1 rings (SSSR count). The summed E-state index contributed by atoms with van der Waals surface area (Å²) in [6, 6.07) is 0. The lowest BCUT2D eigenvalue weighted by molar-refractivity contribution is -0.0811. The van der Waals surface area contributed by atoms with E-state index in [4.69, 9.17) is 4.74 Å². The minimum Gasteiger partial charge on any atom is -0.384 e. The van der Waals surface area contributed by atoms with Crippen LogP contribution in [0.15, 0.2) is 18.6 Å². The average molecular weight is 182 g/mol. The van der Waals surface area contributed by atoms with E-state index in [-0.39, 0.29) is 0 Å². The molecule has 0 spiro atoms. The summed E-state index contributed by atoms with van der Waals surface area (Å²) in [5.74, 6) is 0. The molecular formula is C9H14N2O2. The first-order valence-electron chi connectivity index (χ1n) is 4.07. The molecule has 0 bridgehead atoms. The number of ether oxygens (including phenoxy) is 1. The van der Waals surface area contributed by atoms with Crippen molar-refractivity contribution in [3.8, 4) is 0 Å². The number of rotatable bonds is 3. The monoisotopic (exact) mass is 182 g/mol. The maximum atomic E-state index is 9.82. The maximum Gasteiger partial charge on any atom is 0.126 e. The summed E-state index contributed by atoms with van der Waals surface area (Å²) in [5, 5.41) is 9.82. The molecule has 1 aromatic rings. The van der Waals surface area contributed by atoms with E-state index in [1.807, 2.05) is 0 Å². The van der Waals surface area contributed by atoms with Gasteiger partial charge in [0, 0.05) is 19.5 Å². The van der Waals surface area contributed by atoms with Gasteiger partial charge in [0.1, 0.15) is 6.10 Å². The molecule has 0 saturated carbocycles. The standard InChI is InChI=1S/C9H14N2O2/c1-9(2,13-3)8(12)7-6-10-4-5-11-7/h4-6,8,12H,1-3H3. The molecule has 13 heavy (non-hydrogen) atoms. The van der Waals surface area contributed by atoms with Crippen molar-refractivity contribution >= 4 is 0 Å². The van der Waals surface area contributed by atoms with Crippen LogP contribution >= 0.6 is 0 Å². The summed E-state index contributed by atoms with van der Waals surface area (Å²) < 4.78 is 5.14. The number of aliphatic hydroxyl groups excluding tert-OH is 1. The van der Waals surface area contributed by atoms with Gasteiger partial charge in [0.05, 0.1) is 17.5 Å². The van der Waals surface area contributed by atoms with Gasteiger partial charge in [0.25, 0.3) is 0 Å². The van der Waals surface area contributed by atoms with E-state index in [1.54, 1.807) is 33.4 Å². The number of methoxy groups -OCH3 is 1. The Bertz CT molecular complexity index is 262. The summed E-state index contributed by atoms with van der Waals surface area (Å²) in [5.41, 5.74) is -0.120. The third kappa shape index (κ3) is 2.23. The molecule has 0 aliphatic carbocycles. The largest absolute Gasteiger partial charge is 0.384 e. The minimum atomic E-state index is -0.758. The van der Waals surface area contributed by atoms with Crippen LogP contribution in [0.1, 0.15) is 25.6 Å². The third-order valence-electron chi connectivity index (χ3n) is 2.05. The highest BCUT2D eigenvalue weighted by Gasteiger charge is 2.29. The first-order valence-corrected chi connectivity index (χ1v) is 4.07. The number of aliphatic hydroxyl groups is 1. The lowest BCUT2D eigenvalue weighted by atomic mass is 9.99. The first-order chi connectivity index (χ1) is 6.08. The molecule has 1 unspecified atom stereocenters. The van der Waals surface area contributed by atoms with Gasteiger partial charge < -0.3 is 9.84 Å². The highest BCUT2D eigenvalue weighted by molar-refractivity contribution is 5.04. The van der Waals surface area contributed by atoms with E-state index in [2.05, 4.69) is 9.97 Å². The molecule has 0 radical (unpaired) electrons. The zero-order valence-electron chi connectivity index (χ0n) is 8.06. The van der Waals surface area contributed by atoms with Crippen molar-refractivity contribution in [2.75, 3.05) is 7.11 Å². The fourth-order valence-corrected chi connectivity index (χ4v) is 0.920. The van der Waals surface area contributed by atoms with Crippen molar-refractivity contribution < 1.29 is 9.84 Å². The topological polar surface area (TPSA) is 55.2 Å². The summed E-state index contributed by atoms with van der Waals surface area (Å²) in [7, 11) is 1.56. The van der Waals surface area contributed by atoms with Crippen LogP contribution in [0.25, 0.3) is 0 Å². The van der Waals surface area contributed by atoms with Crippen molar-refractivity contribution in [3.05, 3.63) is 24.3 Å². The maximum absolute atomic E-state index is 9.82. The Morgan fingerprint density at radius 1 is 1.46 bits per heavy atom. The van der Waals surface area contributed by atoms with Gasteiger partial charge in [-0.15, -0.1) is 0 Å². The van der Waals surface area contributed by atoms with Crippen LogP contribution in [-0.4, -0.2) is 27.8 Å². The first kappa shape index (κ1) is 10.1. The highest BCUT2D eigenvalue weighted by Crippen LogP contribution is 2.25. The molecule has 0 aliphatic heterocycles. The summed E-state index contributed by atoms with van der Waals surface area (Å²) in [6.45, 7) is 3.60. The molecule has 0 aliphatic rings. The predicted molar refractivity (Wildman–Crippen MR) is 48.1 cm³/mol. The van der Waals surface area contributed by atoms with E-state index in [0.717, 1.165) is 0 Å². The van der Waals surface area contributed by atoms with E-state index in [9.17, 15) is 5.11 Å². The number of nitrogens with zero attached hydrogens (tertiary/aromatic N) is 2. The molecule has 4 heteroatoms. The van der Waals surface area contributed by atoms with Gasteiger partial charge in [-0.1, -0.05) is 0 Å². The normalized spacial score (nSPS) is 14.2.